The SMILES string of the molecule is Cc1ccccc1S(=O)(=O)Nc1ccc2nc(C)c(C)n2c1. The van der Waals surface area contributed by atoms with Crippen LogP contribution in [0.25, 0.3) is 5.65 Å². The molecular formula is C16H17N3O2S. The van der Waals surface area contributed by atoms with Crippen LogP contribution in [0.3, 0.4) is 0 Å². The fraction of sp³-hybridized carbons (Fsp3) is 0.188. The molecule has 1 N–H and O–H groups in total. The van der Waals surface area contributed by atoms with E-state index in [1.165, 1.54) is 0 Å². The molecule has 22 heavy (non-hydrogen) atoms. The second-order valence-electron chi connectivity index (χ2n) is 5.30. The van der Waals surface area contributed by atoms with E-state index < -0.39 is 10.0 Å². The van der Waals surface area contributed by atoms with Crippen LogP contribution in [-0.2, 0) is 10.0 Å². The van der Waals surface area contributed by atoms with Crippen LogP contribution in [0.15, 0.2) is 47.5 Å². The Balaban J connectivity index is 2.02. The molecule has 0 fully saturated rings. The Bertz CT molecular complexity index is 959. The van der Waals surface area contributed by atoms with Crippen molar-refractivity contribution in [1.82, 2.24) is 9.38 Å². The molecule has 6 heteroatoms. The van der Waals surface area contributed by atoms with Gasteiger partial charge in [-0.25, -0.2) is 13.4 Å². The molecule has 0 spiro atoms. The van der Waals surface area contributed by atoms with Crippen LogP contribution in [0.2, 0.25) is 0 Å². The molecule has 0 unspecified atom stereocenters. The van der Waals surface area contributed by atoms with Gasteiger partial charge in [0.05, 0.1) is 16.3 Å². The van der Waals surface area contributed by atoms with Crippen LogP contribution >= 0.6 is 0 Å². The molecule has 0 aliphatic carbocycles. The maximum absolute atomic E-state index is 12.5. The molecule has 3 aromatic rings. The van der Waals surface area contributed by atoms with Crippen LogP contribution in [0, 0.1) is 20.8 Å². The largest absolute Gasteiger partial charge is 0.302 e. The monoisotopic (exact) mass is 315 g/mol. The van der Waals surface area contributed by atoms with E-state index in [-0.39, 0.29) is 4.90 Å². The van der Waals surface area contributed by atoms with Gasteiger partial charge in [-0.1, -0.05) is 18.2 Å². The van der Waals surface area contributed by atoms with Gasteiger partial charge in [0, 0.05) is 11.9 Å². The van der Waals surface area contributed by atoms with E-state index in [2.05, 4.69) is 9.71 Å². The molecule has 2 aromatic heterocycles. The third kappa shape index (κ3) is 2.46. The third-order valence-electron chi connectivity index (χ3n) is 3.73. The Hall–Kier alpha value is -2.34. The highest BCUT2D eigenvalue weighted by atomic mass is 32.2. The Morgan fingerprint density at radius 3 is 2.50 bits per heavy atom. The summed E-state index contributed by atoms with van der Waals surface area (Å²) in [6.45, 7) is 5.66. The number of anilines is 1. The van der Waals surface area contributed by atoms with Gasteiger partial charge >= 0.3 is 0 Å². The Kier molecular flexibility index (Phi) is 3.41. The first-order valence-corrected chi connectivity index (χ1v) is 8.40. The molecule has 0 amide bonds. The summed E-state index contributed by atoms with van der Waals surface area (Å²) in [5.41, 5.74) is 3.95. The second-order valence-corrected chi connectivity index (χ2v) is 6.95. The number of hydrogen-bond donors (Lipinski definition) is 1. The van der Waals surface area contributed by atoms with Crippen molar-refractivity contribution >= 4 is 21.4 Å². The molecule has 5 nitrogen and oxygen atoms in total. The van der Waals surface area contributed by atoms with Crippen molar-refractivity contribution in [2.45, 2.75) is 25.7 Å². The lowest BCUT2D eigenvalue weighted by Gasteiger charge is -2.10. The number of imidazole rings is 1. The lowest BCUT2D eigenvalue weighted by Crippen LogP contribution is -2.14. The zero-order chi connectivity index (χ0) is 15.9. The Labute approximate surface area is 129 Å². The standard InChI is InChI=1S/C16H17N3O2S/c1-11-6-4-5-7-15(11)22(20,21)18-14-8-9-16-17-12(2)13(3)19(16)10-14/h4-10,18H,1-3H3. The van der Waals surface area contributed by atoms with Gasteiger partial charge in [0.1, 0.15) is 5.65 Å². The number of fused-ring (bicyclic) bond motifs is 1. The molecule has 114 valence electrons. The zero-order valence-electron chi connectivity index (χ0n) is 12.7. The van der Waals surface area contributed by atoms with E-state index >= 15 is 0 Å². The van der Waals surface area contributed by atoms with Crippen molar-refractivity contribution in [1.29, 1.82) is 0 Å². The highest BCUT2D eigenvalue weighted by Crippen LogP contribution is 2.20. The van der Waals surface area contributed by atoms with E-state index in [0.717, 1.165) is 17.0 Å². The number of nitrogens with one attached hydrogen (secondary N) is 1. The van der Waals surface area contributed by atoms with Crippen LogP contribution in [0.1, 0.15) is 17.0 Å². The second kappa shape index (κ2) is 5.14. The molecule has 0 saturated carbocycles. The van der Waals surface area contributed by atoms with Crippen molar-refractivity contribution in [2.24, 2.45) is 0 Å². The number of nitrogens with zero attached hydrogens (tertiary/aromatic N) is 2. The minimum Gasteiger partial charge on any atom is -0.302 e. The molecule has 0 aliphatic heterocycles. The summed E-state index contributed by atoms with van der Waals surface area (Å²) >= 11 is 0. The molecule has 0 radical (unpaired) electrons. The topological polar surface area (TPSA) is 63.5 Å². The third-order valence-corrected chi connectivity index (χ3v) is 5.27. The predicted octanol–water partition coefficient (Wildman–Crippen LogP) is 3.06. The minimum atomic E-state index is -3.60. The first kappa shape index (κ1) is 14.6. The van der Waals surface area contributed by atoms with Crippen LogP contribution < -0.4 is 4.72 Å². The summed E-state index contributed by atoms with van der Waals surface area (Å²) in [5.74, 6) is 0. The van der Waals surface area contributed by atoms with Crippen LogP contribution in [0.4, 0.5) is 5.69 Å². The highest BCUT2D eigenvalue weighted by Gasteiger charge is 2.17. The summed E-state index contributed by atoms with van der Waals surface area (Å²) < 4.78 is 29.5. The van der Waals surface area contributed by atoms with Gasteiger partial charge in [-0.05, 0) is 44.5 Å². The average molecular weight is 315 g/mol. The van der Waals surface area contributed by atoms with Crippen LogP contribution in [0.5, 0.6) is 0 Å². The Morgan fingerprint density at radius 2 is 1.77 bits per heavy atom. The lowest BCUT2D eigenvalue weighted by atomic mass is 10.2. The van der Waals surface area contributed by atoms with E-state index in [4.69, 9.17) is 0 Å². The summed E-state index contributed by atoms with van der Waals surface area (Å²) in [6, 6.07) is 10.4. The molecular weight excluding hydrogens is 298 g/mol. The average Bonchev–Trinajstić information content (AvgIpc) is 2.74. The van der Waals surface area contributed by atoms with Gasteiger partial charge in [0.15, 0.2) is 0 Å². The number of hydrogen-bond acceptors (Lipinski definition) is 3. The number of aromatic nitrogens is 2. The van der Waals surface area contributed by atoms with Gasteiger partial charge in [-0.2, -0.15) is 0 Å². The van der Waals surface area contributed by atoms with Crippen molar-refractivity contribution in [3.8, 4) is 0 Å². The number of aryl methyl sites for hydroxylation is 3. The minimum absolute atomic E-state index is 0.286. The van der Waals surface area contributed by atoms with E-state index in [1.54, 1.807) is 43.5 Å². The summed E-state index contributed by atoms with van der Waals surface area (Å²) in [7, 11) is -3.60. The van der Waals surface area contributed by atoms with E-state index in [9.17, 15) is 8.42 Å². The molecule has 3 rings (SSSR count). The molecule has 0 atom stereocenters. The molecule has 0 bridgehead atoms. The smallest absolute Gasteiger partial charge is 0.262 e. The van der Waals surface area contributed by atoms with E-state index in [1.807, 2.05) is 24.3 Å². The Morgan fingerprint density at radius 1 is 1.05 bits per heavy atom. The summed E-state index contributed by atoms with van der Waals surface area (Å²) in [6.07, 6.45) is 1.75. The highest BCUT2D eigenvalue weighted by molar-refractivity contribution is 7.92. The van der Waals surface area contributed by atoms with Gasteiger partial charge in [0.2, 0.25) is 0 Å². The van der Waals surface area contributed by atoms with Crippen LogP contribution in [-0.4, -0.2) is 17.8 Å². The van der Waals surface area contributed by atoms with Crippen molar-refractivity contribution < 1.29 is 8.42 Å². The van der Waals surface area contributed by atoms with Gasteiger partial charge in [-0.3, -0.25) is 4.72 Å². The van der Waals surface area contributed by atoms with E-state index in [0.29, 0.717) is 11.3 Å². The molecule has 1 aromatic carbocycles. The number of benzene rings is 1. The quantitative estimate of drug-likeness (QED) is 0.808. The predicted molar refractivity (Wildman–Crippen MR) is 86.7 cm³/mol. The zero-order valence-corrected chi connectivity index (χ0v) is 13.5. The first-order valence-electron chi connectivity index (χ1n) is 6.92. The van der Waals surface area contributed by atoms with Gasteiger partial charge < -0.3 is 4.40 Å². The van der Waals surface area contributed by atoms with Crippen molar-refractivity contribution in [3.63, 3.8) is 0 Å². The fourth-order valence-corrected chi connectivity index (χ4v) is 3.70. The number of rotatable bonds is 3. The van der Waals surface area contributed by atoms with Gasteiger partial charge in [-0.15, -0.1) is 0 Å². The number of pyridine rings is 1. The molecule has 0 saturated heterocycles. The summed E-state index contributed by atoms with van der Waals surface area (Å²) in [4.78, 5) is 4.69. The maximum Gasteiger partial charge on any atom is 0.262 e. The van der Waals surface area contributed by atoms with Gasteiger partial charge in [0.25, 0.3) is 10.0 Å². The normalized spacial score (nSPS) is 11.8. The van der Waals surface area contributed by atoms with Crippen molar-refractivity contribution in [2.75, 3.05) is 4.72 Å². The van der Waals surface area contributed by atoms with Crippen molar-refractivity contribution in [3.05, 3.63) is 59.5 Å². The fourth-order valence-electron chi connectivity index (χ4n) is 2.41. The summed E-state index contributed by atoms with van der Waals surface area (Å²) in [5, 5.41) is 0. The lowest BCUT2D eigenvalue weighted by molar-refractivity contribution is 0.600. The maximum atomic E-state index is 12.5. The molecule has 0 aliphatic rings. The number of sulfonamides is 1. The molecule has 2 heterocycles. The first-order chi connectivity index (χ1) is 10.4.